The van der Waals surface area contributed by atoms with Crippen LogP contribution in [0.2, 0.25) is 0 Å². The molecule has 0 aliphatic rings. The number of hydrogen-bond donors (Lipinski definition) is 1. The Morgan fingerprint density at radius 3 is 2.25 bits per heavy atom. The van der Waals surface area contributed by atoms with E-state index in [-0.39, 0.29) is 18.2 Å². The molecule has 0 aliphatic carbocycles. The lowest BCUT2D eigenvalue weighted by molar-refractivity contribution is -0.128. The van der Waals surface area contributed by atoms with E-state index in [0.717, 1.165) is 0 Å². The van der Waals surface area contributed by atoms with E-state index in [0.29, 0.717) is 12.2 Å². The Bertz CT molecular complexity index is 492. The average Bonchev–Trinajstić information content (AvgIpc) is 2.71. The molecule has 6 nitrogen and oxygen atoms in total. The van der Waals surface area contributed by atoms with Gasteiger partial charge < -0.3 is 5.32 Å². The third-order valence-electron chi connectivity index (χ3n) is 2.84. The van der Waals surface area contributed by atoms with Crippen LogP contribution < -0.4 is 5.32 Å². The Morgan fingerprint density at radius 2 is 1.75 bits per heavy atom. The summed E-state index contributed by atoms with van der Waals surface area (Å²) < 4.78 is 1.51. The van der Waals surface area contributed by atoms with Crippen molar-refractivity contribution in [1.29, 1.82) is 0 Å². The van der Waals surface area contributed by atoms with Gasteiger partial charge in [-0.3, -0.25) is 9.59 Å². The van der Waals surface area contributed by atoms with Crippen LogP contribution in [0.3, 0.4) is 0 Å². The van der Waals surface area contributed by atoms with Crippen molar-refractivity contribution in [1.82, 2.24) is 20.3 Å². The molecule has 1 rings (SSSR count). The summed E-state index contributed by atoms with van der Waals surface area (Å²) in [6.07, 6.45) is 1.69. The Hall–Kier alpha value is -1.72. The van der Waals surface area contributed by atoms with Gasteiger partial charge in [0, 0.05) is 10.8 Å². The number of ketones is 1. The van der Waals surface area contributed by atoms with Crippen molar-refractivity contribution < 1.29 is 9.59 Å². The molecule has 0 aliphatic heterocycles. The SMILES string of the molecule is CC(C)(C)C(=O)Cn1cc(CNC(=O)C(C)(C)C)nn1. The monoisotopic (exact) mass is 280 g/mol. The molecule has 112 valence electrons. The van der Waals surface area contributed by atoms with Gasteiger partial charge in [0.05, 0.1) is 12.7 Å². The van der Waals surface area contributed by atoms with Crippen molar-refractivity contribution in [3.8, 4) is 0 Å². The minimum absolute atomic E-state index is 0.0437. The van der Waals surface area contributed by atoms with E-state index in [1.165, 1.54) is 4.68 Å². The van der Waals surface area contributed by atoms with E-state index < -0.39 is 10.8 Å². The molecule has 1 aromatic heterocycles. The van der Waals surface area contributed by atoms with Gasteiger partial charge in [-0.2, -0.15) is 0 Å². The van der Waals surface area contributed by atoms with E-state index in [1.807, 2.05) is 41.5 Å². The number of hydrogen-bond acceptors (Lipinski definition) is 4. The summed E-state index contributed by atoms with van der Waals surface area (Å²) in [6.45, 7) is 11.7. The fourth-order valence-corrected chi connectivity index (χ4v) is 1.32. The quantitative estimate of drug-likeness (QED) is 0.908. The van der Waals surface area contributed by atoms with Crippen LogP contribution in [-0.4, -0.2) is 26.7 Å². The second-order valence-corrected chi connectivity index (χ2v) is 7.01. The van der Waals surface area contributed by atoms with Crippen molar-refractivity contribution >= 4 is 11.7 Å². The molecule has 0 unspecified atom stereocenters. The zero-order valence-corrected chi connectivity index (χ0v) is 13.1. The summed E-state index contributed by atoms with van der Waals surface area (Å²) in [5.41, 5.74) is -0.186. The molecule has 0 fully saturated rings. The van der Waals surface area contributed by atoms with Crippen LogP contribution in [0.4, 0.5) is 0 Å². The molecule has 0 saturated heterocycles. The van der Waals surface area contributed by atoms with Gasteiger partial charge in [-0.15, -0.1) is 5.10 Å². The van der Waals surface area contributed by atoms with E-state index in [2.05, 4.69) is 15.6 Å². The number of Topliss-reactive ketones (excluding diaryl/α,β-unsaturated/α-hetero) is 1. The number of carbonyl (C=O) groups excluding carboxylic acids is 2. The van der Waals surface area contributed by atoms with Crippen LogP contribution in [0, 0.1) is 10.8 Å². The number of aromatic nitrogens is 3. The van der Waals surface area contributed by atoms with Gasteiger partial charge in [0.2, 0.25) is 5.91 Å². The van der Waals surface area contributed by atoms with Crippen LogP contribution in [0.15, 0.2) is 6.20 Å². The second-order valence-electron chi connectivity index (χ2n) is 7.01. The van der Waals surface area contributed by atoms with Gasteiger partial charge in [0.25, 0.3) is 0 Å². The summed E-state index contributed by atoms with van der Waals surface area (Å²) in [4.78, 5) is 23.6. The Morgan fingerprint density at radius 1 is 1.15 bits per heavy atom. The highest BCUT2D eigenvalue weighted by Gasteiger charge is 2.23. The molecule has 6 heteroatoms. The molecule has 1 N–H and O–H groups in total. The standard InChI is InChI=1S/C14H24N4O2/c1-13(2,3)11(19)9-18-8-10(16-17-18)7-15-12(20)14(4,5)6/h8H,7,9H2,1-6H3,(H,15,20). The molecule has 1 heterocycles. The summed E-state index contributed by atoms with van der Waals surface area (Å²) in [5, 5.41) is 10.7. The number of nitrogens with zero attached hydrogens (tertiary/aromatic N) is 3. The van der Waals surface area contributed by atoms with Crippen LogP contribution in [0.5, 0.6) is 0 Å². The first-order valence-electron chi connectivity index (χ1n) is 6.71. The maximum atomic E-state index is 11.9. The molecule has 0 atom stereocenters. The molecule has 1 amide bonds. The van der Waals surface area contributed by atoms with Crippen LogP contribution in [-0.2, 0) is 22.7 Å². The highest BCUT2D eigenvalue weighted by Crippen LogP contribution is 2.15. The Labute approximate surface area is 119 Å². The zero-order chi connectivity index (χ0) is 15.6. The normalized spacial score (nSPS) is 12.3. The number of rotatable bonds is 4. The van der Waals surface area contributed by atoms with E-state index in [9.17, 15) is 9.59 Å². The van der Waals surface area contributed by atoms with Crippen LogP contribution >= 0.6 is 0 Å². The lowest BCUT2D eigenvalue weighted by Crippen LogP contribution is -2.34. The van der Waals surface area contributed by atoms with Gasteiger partial charge in [-0.05, 0) is 0 Å². The predicted molar refractivity (Wildman–Crippen MR) is 75.8 cm³/mol. The summed E-state index contributed by atoms with van der Waals surface area (Å²) >= 11 is 0. The topological polar surface area (TPSA) is 76.9 Å². The molecule has 0 bridgehead atoms. The minimum atomic E-state index is -0.432. The number of nitrogens with one attached hydrogen (secondary N) is 1. The smallest absolute Gasteiger partial charge is 0.225 e. The van der Waals surface area contributed by atoms with E-state index in [4.69, 9.17) is 0 Å². The predicted octanol–water partition coefficient (Wildman–Crippen LogP) is 1.56. The van der Waals surface area contributed by atoms with Crippen molar-refractivity contribution in [2.45, 2.75) is 54.6 Å². The van der Waals surface area contributed by atoms with Crippen LogP contribution in [0.1, 0.15) is 47.2 Å². The van der Waals surface area contributed by atoms with Gasteiger partial charge in [0.1, 0.15) is 12.2 Å². The van der Waals surface area contributed by atoms with Crippen LogP contribution in [0.25, 0.3) is 0 Å². The fraction of sp³-hybridized carbons (Fsp3) is 0.714. The lowest BCUT2D eigenvalue weighted by atomic mass is 9.91. The van der Waals surface area contributed by atoms with Crippen molar-refractivity contribution in [2.24, 2.45) is 10.8 Å². The second kappa shape index (κ2) is 5.73. The first-order chi connectivity index (χ1) is 9.00. The van der Waals surface area contributed by atoms with Crippen molar-refractivity contribution in [3.63, 3.8) is 0 Å². The average molecular weight is 280 g/mol. The zero-order valence-electron chi connectivity index (χ0n) is 13.1. The van der Waals surface area contributed by atoms with Gasteiger partial charge >= 0.3 is 0 Å². The van der Waals surface area contributed by atoms with E-state index >= 15 is 0 Å². The van der Waals surface area contributed by atoms with Gasteiger partial charge in [-0.1, -0.05) is 46.8 Å². The highest BCUT2D eigenvalue weighted by molar-refractivity contribution is 5.83. The van der Waals surface area contributed by atoms with Gasteiger partial charge in [-0.25, -0.2) is 4.68 Å². The number of carbonyl (C=O) groups is 2. The molecule has 0 spiro atoms. The summed E-state index contributed by atoms with van der Waals surface area (Å²) in [6, 6.07) is 0. The van der Waals surface area contributed by atoms with Crippen molar-refractivity contribution in [3.05, 3.63) is 11.9 Å². The first kappa shape index (κ1) is 16.3. The summed E-state index contributed by atoms with van der Waals surface area (Å²) in [5.74, 6) is 0.0468. The Balaban J connectivity index is 2.57. The highest BCUT2D eigenvalue weighted by atomic mass is 16.2. The molecule has 20 heavy (non-hydrogen) atoms. The third-order valence-corrected chi connectivity index (χ3v) is 2.84. The molecule has 0 saturated carbocycles. The maximum Gasteiger partial charge on any atom is 0.225 e. The molecule has 1 aromatic rings. The molecular formula is C14H24N4O2. The van der Waals surface area contributed by atoms with Crippen molar-refractivity contribution in [2.75, 3.05) is 0 Å². The number of amides is 1. The van der Waals surface area contributed by atoms with E-state index in [1.54, 1.807) is 6.20 Å². The fourth-order valence-electron chi connectivity index (χ4n) is 1.32. The molecule has 0 aromatic carbocycles. The van der Waals surface area contributed by atoms with Gasteiger partial charge in [0.15, 0.2) is 5.78 Å². The molecule has 0 radical (unpaired) electrons. The maximum absolute atomic E-state index is 11.9. The molecular weight excluding hydrogens is 256 g/mol. The first-order valence-corrected chi connectivity index (χ1v) is 6.71. The minimum Gasteiger partial charge on any atom is -0.350 e. The largest absolute Gasteiger partial charge is 0.350 e. The Kier molecular flexibility index (Phi) is 4.68. The summed E-state index contributed by atoms with van der Waals surface area (Å²) in [7, 11) is 0. The lowest BCUT2D eigenvalue weighted by Gasteiger charge is -2.16. The third kappa shape index (κ3) is 4.75.